The average molecular weight is 318 g/mol. The van der Waals surface area contributed by atoms with Crippen molar-refractivity contribution in [3.63, 3.8) is 0 Å². The van der Waals surface area contributed by atoms with E-state index in [2.05, 4.69) is 5.32 Å². The molecule has 1 N–H and O–H groups in total. The molecule has 0 unspecified atom stereocenters. The molecule has 0 spiro atoms. The Labute approximate surface area is 124 Å². The van der Waals surface area contributed by atoms with Gasteiger partial charge >= 0.3 is 0 Å². The van der Waals surface area contributed by atoms with Gasteiger partial charge in [-0.05, 0) is 18.4 Å². The van der Waals surface area contributed by atoms with Crippen molar-refractivity contribution >= 4 is 10.0 Å². The van der Waals surface area contributed by atoms with Gasteiger partial charge in [0.15, 0.2) is 0 Å². The lowest BCUT2D eigenvalue weighted by molar-refractivity contribution is 0.219. The summed E-state index contributed by atoms with van der Waals surface area (Å²) in [5.74, 6) is -1.02. The third-order valence-electron chi connectivity index (χ3n) is 3.91. The third kappa shape index (κ3) is 4.21. The fraction of sp³-hybridized carbons (Fsp3) is 0.571. The molecule has 0 aromatic heterocycles. The first kappa shape index (κ1) is 16.3. The van der Waals surface area contributed by atoms with Crippen molar-refractivity contribution in [2.24, 2.45) is 5.92 Å². The molecule has 0 saturated carbocycles. The van der Waals surface area contributed by atoms with Crippen LogP contribution in [0.2, 0.25) is 0 Å². The molecule has 0 bridgehead atoms. The van der Waals surface area contributed by atoms with Crippen LogP contribution >= 0.6 is 0 Å². The highest BCUT2D eigenvalue weighted by Gasteiger charge is 2.30. The second-order valence-electron chi connectivity index (χ2n) is 5.61. The molecule has 1 aromatic carbocycles. The molecule has 2 atom stereocenters. The van der Waals surface area contributed by atoms with E-state index in [1.54, 1.807) is 0 Å². The lowest BCUT2D eigenvalue weighted by Crippen LogP contribution is -2.49. The highest BCUT2D eigenvalue weighted by atomic mass is 32.2. The Hall–Kier alpha value is -1.05. The number of halogens is 2. The van der Waals surface area contributed by atoms with Crippen molar-refractivity contribution in [2.45, 2.75) is 25.9 Å². The molecule has 2 rings (SSSR count). The van der Waals surface area contributed by atoms with Crippen LogP contribution in [0.5, 0.6) is 0 Å². The fourth-order valence-corrected chi connectivity index (χ4v) is 3.56. The van der Waals surface area contributed by atoms with Crippen molar-refractivity contribution in [1.29, 1.82) is 0 Å². The van der Waals surface area contributed by atoms with E-state index in [9.17, 15) is 17.2 Å². The molecule has 118 valence electrons. The Morgan fingerprint density at radius 3 is 2.67 bits per heavy atom. The SMILES string of the molecule is C[C@@H]1CN(S(C)(=O)=O)CC[C@H]1NCc1ccc(F)cc1F. The van der Waals surface area contributed by atoms with Crippen molar-refractivity contribution in [2.75, 3.05) is 19.3 Å². The van der Waals surface area contributed by atoms with E-state index >= 15 is 0 Å². The number of benzene rings is 1. The molecule has 1 aliphatic rings. The largest absolute Gasteiger partial charge is 0.309 e. The molecule has 1 saturated heterocycles. The molecule has 1 aromatic rings. The molecule has 0 amide bonds. The second kappa shape index (κ2) is 6.37. The summed E-state index contributed by atoms with van der Waals surface area (Å²) in [5.41, 5.74) is 0.411. The first-order valence-corrected chi connectivity index (χ1v) is 8.74. The molecule has 0 radical (unpaired) electrons. The molecule has 0 aliphatic carbocycles. The van der Waals surface area contributed by atoms with Gasteiger partial charge in [-0.2, -0.15) is 0 Å². The zero-order valence-corrected chi connectivity index (χ0v) is 13.0. The van der Waals surface area contributed by atoms with Gasteiger partial charge in [0.05, 0.1) is 6.26 Å². The van der Waals surface area contributed by atoms with Gasteiger partial charge in [-0.3, -0.25) is 0 Å². The molecular weight excluding hydrogens is 298 g/mol. The summed E-state index contributed by atoms with van der Waals surface area (Å²) >= 11 is 0. The maximum Gasteiger partial charge on any atom is 0.211 e. The maximum atomic E-state index is 13.6. The average Bonchev–Trinajstić information content (AvgIpc) is 2.38. The van der Waals surface area contributed by atoms with Crippen LogP contribution in [-0.2, 0) is 16.6 Å². The fourth-order valence-electron chi connectivity index (χ4n) is 2.62. The van der Waals surface area contributed by atoms with Gasteiger partial charge in [0.1, 0.15) is 11.6 Å². The Balaban J connectivity index is 1.93. The predicted molar refractivity (Wildman–Crippen MR) is 77.2 cm³/mol. The number of rotatable bonds is 4. The molecular formula is C14H20F2N2O2S. The van der Waals surface area contributed by atoms with E-state index < -0.39 is 21.7 Å². The molecule has 1 aliphatic heterocycles. The number of nitrogens with zero attached hydrogens (tertiary/aromatic N) is 1. The Morgan fingerprint density at radius 2 is 2.10 bits per heavy atom. The normalized spacial score (nSPS) is 24.2. The van der Waals surface area contributed by atoms with E-state index in [1.807, 2.05) is 6.92 Å². The maximum absolute atomic E-state index is 13.6. The zero-order valence-electron chi connectivity index (χ0n) is 12.1. The van der Waals surface area contributed by atoms with Crippen molar-refractivity contribution in [3.05, 3.63) is 35.4 Å². The molecule has 4 nitrogen and oxygen atoms in total. The first-order valence-electron chi connectivity index (χ1n) is 6.90. The van der Waals surface area contributed by atoms with Crippen LogP contribution in [0.3, 0.4) is 0 Å². The summed E-state index contributed by atoms with van der Waals surface area (Å²) in [4.78, 5) is 0. The number of hydrogen-bond donors (Lipinski definition) is 1. The number of nitrogens with one attached hydrogen (secondary N) is 1. The van der Waals surface area contributed by atoms with Crippen LogP contribution in [0, 0.1) is 17.6 Å². The van der Waals surface area contributed by atoms with Gasteiger partial charge in [-0.15, -0.1) is 0 Å². The Bertz CT molecular complexity index is 607. The van der Waals surface area contributed by atoms with Gasteiger partial charge < -0.3 is 5.32 Å². The third-order valence-corrected chi connectivity index (χ3v) is 5.18. The van der Waals surface area contributed by atoms with Gasteiger partial charge in [0, 0.05) is 37.3 Å². The van der Waals surface area contributed by atoms with Crippen LogP contribution in [0.4, 0.5) is 8.78 Å². The van der Waals surface area contributed by atoms with Crippen molar-refractivity contribution in [3.8, 4) is 0 Å². The number of sulfonamides is 1. The van der Waals surface area contributed by atoms with Gasteiger partial charge in [-0.1, -0.05) is 13.0 Å². The summed E-state index contributed by atoms with van der Waals surface area (Å²) in [6.07, 6.45) is 1.89. The van der Waals surface area contributed by atoms with E-state index in [4.69, 9.17) is 0 Å². The standard InChI is InChI=1S/C14H20F2N2O2S/c1-10-9-18(21(2,19)20)6-5-14(10)17-8-11-3-4-12(15)7-13(11)16/h3-4,7,10,14,17H,5-6,8-9H2,1-2H3/t10-,14-/m1/s1. The summed E-state index contributed by atoms with van der Waals surface area (Å²) in [6, 6.07) is 3.64. The van der Waals surface area contributed by atoms with Crippen molar-refractivity contribution < 1.29 is 17.2 Å². The quantitative estimate of drug-likeness (QED) is 0.920. The second-order valence-corrected chi connectivity index (χ2v) is 7.59. The van der Waals surface area contributed by atoms with Crippen LogP contribution in [0.1, 0.15) is 18.9 Å². The van der Waals surface area contributed by atoms with E-state index in [0.717, 1.165) is 6.07 Å². The predicted octanol–water partition coefficient (Wildman–Crippen LogP) is 1.72. The molecule has 21 heavy (non-hydrogen) atoms. The zero-order chi connectivity index (χ0) is 15.6. The van der Waals surface area contributed by atoms with E-state index in [0.29, 0.717) is 31.6 Å². The van der Waals surface area contributed by atoms with E-state index in [-0.39, 0.29) is 12.0 Å². The summed E-state index contributed by atoms with van der Waals surface area (Å²) in [5, 5.41) is 3.24. The Kier molecular flexibility index (Phi) is 4.95. The monoisotopic (exact) mass is 318 g/mol. The highest BCUT2D eigenvalue weighted by molar-refractivity contribution is 7.88. The van der Waals surface area contributed by atoms with Gasteiger partial charge in [0.25, 0.3) is 0 Å². The number of piperidine rings is 1. The van der Waals surface area contributed by atoms with E-state index in [1.165, 1.54) is 22.7 Å². The van der Waals surface area contributed by atoms with Crippen LogP contribution < -0.4 is 5.32 Å². The highest BCUT2D eigenvalue weighted by Crippen LogP contribution is 2.20. The van der Waals surface area contributed by atoms with Crippen LogP contribution in [0.25, 0.3) is 0 Å². The van der Waals surface area contributed by atoms with Gasteiger partial charge in [0.2, 0.25) is 10.0 Å². The first-order chi connectivity index (χ1) is 9.77. The molecule has 7 heteroatoms. The smallest absolute Gasteiger partial charge is 0.211 e. The minimum absolute atomic E-state index is 0.118. The topological polar surface area (TPSA) is 49.4 Å². The summed E-state index contributed by atoms with van der Waals surface area (Å²) in [6.45, 7) is 3.20. The van der Waals surface area contributed by atoms with Crippen LogP contribution in [-0.4, -0.2) is 38.1 Å². The van der Waals surface area contributed by atoms with Gasteiger partial charge in [-0.25, -0.2) is 21.5 Å². The summed E-state index contributed by atoms with van der Waals surface area (Å²) in [7, 11) is -3.16. The Morgan fingerprint density at radius 1 is 1.38 bits per heavy atom. The number of hydrogen-bond acceptors (Lipinski definition) is 3. The summed E-state index contributed by atoms with van der Waals surface area (Å²) < 4.78 is 50.9. The van der Waals surface area contributed by atoms with Crippen molar-refractivity contribution in [1.82, 2.24) is 9.62 Å². The lowest BCUT2D eigenvalue weighted by atomic mass is 9.95. The lowest BCUT2D eigenvalue weighted by Gasteiger charge is -2.36. The minimum atomic E-state index is -3.16. The minimum Gasteiger partial charge on any atom is -0.309 e. The molecule has 1 heterocycles. The van der Waals surface area contributed by atoms with Crippen LogP contribution in [0.15, 0.2) is 18.2 Å². The molecule has 1 fully saturated rings.